The van der Waals surface area contributed by atoms with Crippen LogP contribution in [0.1, 0.15) is 51.0 Å². The third-order valence-electron chi connectivity index (χ3n) is 4.74. The number of carbonyl (C=O) groups excluding carboxylic acids is 1. The fourth-order valence-corrected chi connectivity index (χ4v) is 4.67. The molecule has 25 heavy (non-hydrogen) atoms. The maximum Gasteiger partial charge on any atom is 0.243 e. The van der Waals surface area contributed by atoms with Gasteiger partial charge in [0.25, 0.3) is 0 Å². The van der Waals surface area contributed by atoms with Crippen molar-refractivity contribution in [3.8, 4) is 0 Å². The number of piperidine rings is 1. The zero-order chi connectivity index (χ0) is 18.3. The molecule has 1 saturated heterocycles. The van der Waals surface area contributed by atoms with E-state index in [0.717, 1.165) is 31.2 Å². The number of hydrogen-bond donors (Lipinski definition) is 1. The van der Waals surface area contributed by atoms with Crippen molar-refractivity contribution in [2.45, 2.75) is 57.3 Å². The molecule has 2 rings (SSSR count). The lowest BCUT2D eigenvalue weighted by molar-refractivity contribution is -0.126. The van der Waals surface area contributed by atoms with Crippen molar-refractivity contribution in [1.82, 2.24) is 9.62 Å². The molecule has 0 radical (unpaired) electrons. The standard InChI is InChI=1S/C19H30N2O3S/c1-3-4-5-6-13-20-19(22)17-8-7-14-21(15-17)25(23,24)18-11-9-16(2)10-12-18/h9-12,17H,3-8,13-15H2,1-2H3,(H,20,22)/t17-/m0/s1. The van der Waals surface area contributed by atoms with Crippen molar-refractivity contribution in [2.75, 3.05) is 19.6 Å². The SMILES string of the molecule is CCCCCCNC(=O)[C@H]1CCCN(S(=O)(=O)c2ccc(C)cc2)C1. The Kier molecular flexibility index (Phi) is 7.44. The minimum absolute atomic E-state index is 0.0136. The number of unbranched alkanes of at least 4 members (excludes halogenated alkanes) is 3. The highest BCUT2D eigenvalue weighted by Gasteiger charge is 2.33. The van der Waals surface area contributed by atoms with Gasteiger partial charge in [-0.1, -0.05) is 43.9 Å². The third-order valence-corrected chi connectivity index (χ3v) is 6.62. The van der Waals surface area contributed by atoms with Crippen LogP contribution < -0.4 is 5.32 Å². The van der Waals surface area contributed by atoms with Crippen LogP contribution in [0.2, 0.25) is 0 Å². The van der Waals surface area contributed by atoms with E-state index in [-0.39, 0.29) is 18.4 Å². The minimum atomic E-state index is -3.52. The van der Waals surface area contributed by atoms with E-state index < -0.39 is 10.0 Å². The zero-order valence-corrected chi connectivity index (χ0v) is 16.1. The lowest BCUT2D eigenvalue weighted by Gasteiger charge is -2.31. The Morgan fingerprint density at radius 3 is 2.60 bits per heavy atom. The highest BCUT2D eigenvalue weighted by atomic mass is 32.2. The molecular formula is C19H30N2O3S. The Labute approximate surface area is 151 Å². The summed E-state index contributed by atoms with van der Waals surface area (Å²) in [4.78, 5) is 12.7. The summed E-state index contributed by atoms with van der Waals surface area (Å²) in [5.41, 5.74) is 1.03. The first-order valence-corrected chi connectivity index (χ1v) is 10.7. The highest BCUT2D eigenvalue weighted by molar-refractivity contribution is 7.89. The van der Waals surface area contributed by atoms with Gasteiger partial charge < -0.3 is 5.32 Å². The van der Waals surface area contributed by atoms with Crippen LogP contribution >= 0.6 is 0 Å². The predicted octanol–water partition coefficient (Wildman–Crippen LogP) is 3.09. The molecule has 0 spiro atoms. The fraction of sp³-hybridized carbons (Fsp3) is 0.632. The van der Waals surface area contributed by atoms with Gasteiger partial charge in [-0.2, -0.15) is 4.31 Å². The summed E-state index contributed by atoms with van der Waals surface area (Å²) < 4.78 is 27.0. The molecule has 1 aliphatic rings. The summed E-state index contributed by atoms with van der Waals surface area (Å²) in [5, 5.41) is 2.97. The lowest BCUT2D eigenvalue weighted by Crippen LogP contribution is -2.45. The van der Waals surface area contributed by atoms with Gasteiger partial charge >= 0.3 is 0 Å². The van der Waals surface area contributed by atoms with Crippen molar-refractivity contribution < 1.29 is 13.2 Å². The molecule has 140 valence electrons. The largest absolute Gasteiger partial charge is 0.356 e. The molecule has 1 heterocycles. The van der Waals surface area contributed by atoms with Crippen molar-refractivity contribution in [1.29, 1.82) is 0 Å². The van der Waals surface area contributed by atoms with E-state index in [1.807, 2.05) is 6.92 Å². The van der Waals surface area contributed by atoms with Gasteiger partial charge in [0.15, 0.2) is 0 Å². The molecule has 1 amide bonds. The van der Waals surface area contributed by atoms with Crippen molar-refractivity contribution in [3.05, 3.63) is 29.8 Å². The van der Waals surface area contributed by atoms with Crippen LogP contribution in [0, 0.1) is 12.8 Å². The molecular weight excluding hydrogens is 336 g/mol. The molecule has 0 aromatic heterocycles. The molecule has 5 nitrogen and oxygen atoms in total. The second-order valence-electron chi connectivity index (χ2n) is 6.87. The van der Waals surface area contributed by atoms with E-state index in [2.05, 4.69) is 12.2 Å². The van der Waals surface area contributed by atoms with Crippen LogP contribution in [-0.4, -0.2) is 38.3 Å². The second-order valence-corrected chi connectivity index (χ2v) is 8.80. The molecule has 1 aromatic carbocycles. The van der Waals surface area contributed by atoms with E-state index in [1.165, 1.54) is 17.1 Å². The molecule has 0 unspecified atom stereocenters. The average Bonchev–Trinajstić information content (AvgIpc) is 2.62. The summed E-state index contributed by atoms with van der Waals surface area (Å²) in [6, 6.07) is 6.89. The number of aryl methyl sites for hydroxylation is 1. The Bertz CT molecular complexity index is 656. The van der Waals surface area contributed by atoms with Gasteiger partial charge in [-0.3, -0.25) is 4.79 Å². The molecule has 1 N–H and O–H groups in total. The first kappa shape index (κ1) is 19.9. The van der Waals surface area contributed by atoms with Gasteiger partial charge in [-0.15, -0.1) is 0 Å². The summed E-state index contributed by atoms with van der Waals surface area (Å²) >= 11 is 0. The number of carbonyl (C=O) groups is 1. The van der Waals surface area contributed by atoms with Crippen molar-refractivity contribution in [2.24, 2.45) is 5.92 Å². The van der Waals surface area contributed by atoms with Gasteiger partial charge in [0, 0.05) is 19.6 Å². The van der Waals surface area contributed by atoms with Gasteiger partial charge in [0.2, 0.25) is 15.9 Å². The van der Waals surface area contributed by atoms with Crippen LogP contribution in [0.3, 0.4) is 0 Å². The summed E-state index contributed by atoms with van der Waals surface area (Å²) in [7, 11) is -3.52. The minimum Gasteiger partial charge on any atom is -0.356 e. The molecule has 0 aliphatic carbocycles. The average molecular weight is 367 g/mol. The number of benzene rings is 1. The Balaban J connectivity index is 1.93. The second kappa shape index (κ2) is 9.34. The first-order chi connectivity index (χ1) is 11.9. The molecule has 0 saturated carbocycles. The van der Waals surface area contributed by atoms with Gasteiger partial charge in [0.05, 0.1) is 10.8 Å². The summed E-state index contributed by atoms with van der Waals surface area (Å²) in [5.74, 6) is -0.263. The zero-order valence-electron chi connectivity index (χ0n) is 15.3. The Morgan fingerprint density at radius 1 is 1.20 bits per heavy atom. The van der Waals surface area contributed by atoms with Crippen molar-refractivity contribution >= 4 is 15.9 Å². The molecule has 1 atom stereocenters. The Morgan fingerprint density at radius 2 is 1.92 bits per heavy atom. The quantitative estimate of drug-likeness (QED) is 0.719. The predicted molar refractivity (Wildman–Crippen MR) is 99.8 cm³/mol. The van der Waals surface area contributed by atoms with E-state index in [0.29, 0.717) is 18.0 Å². The molecule has 0 bridgehead atoms. The Hall–Kier alpha value is -1.40. The van der Waals surface area contributed by atoms with Crippen molar-refractivity contribution in [3.63, 3.8) is 0 Å². The van der Waals surface area contributed by atoms with Gasteiger partial charge in [-0.05, 0) is 38.3 Å². The fourth-order valence-electron chi connectivity index (χ4n) is 3.14. The number of amides is 1. The number of sulfonamides is 1. The number of nitrogens with zero attached hydrogens (tertiary/aromatic N) is 1. The first-order valence-electron chi connectivity index (χ1n) is 9.29. The van der Waals surface area contributed by atoms with Crippen LogP contribution in [-0.2, 0) is 14.8 Å². The topological polar surface area (TPSA) is 66.5 Å². The van der Waals surface area contributed by atoms with Gasteiger partial charge in [-0.25, -0.2) is 8.42 Å². The highest BCUT2D eigenvalue weighted by Crippen LogP contribution is 2.24. The molecule has 1 aliphatic heterocycles. The summed E-state index contributed by atoms with van der Waals surface area (Å²) in [6.07, 6.45) is 5.93. The maximum absolute atomic E-state index is 12.8. The van der Waals surface area contributed by atoms with E-state index in [1.54, 1.807) is 24.3 Å². The smallest absolute Gasteiger partial charge is 0.243 e. The van der Waals surface area contributed by atoms with Crippen LogP contribution in [0.25, 0.3) is 0 Å². The number of nitrogens with one attached hydrogen (secondary N) is 1. The molecule has 6 heteroatoms. The third kappa shape index (κ3) is 5.54. The summed E-state index contributed by atoms with van der Waals surface area (Å²) in [6.45, 7) is 5.52. The van der Waals surface area contributed by atoms with E-state index in [4.69, 9.17) is 0 Å². The molecule has 1 fully saturated rings. The van der Waals surface area contributed by atoms with E-state index in [9.17, 15) is 13.2 Å². The van der Waals surface area contributed by atoms with E-state index >= 15 is 0 Å². The normalized spacial score (nSPS) is 18.9. The van der Waals surface area contributed by atoms with Crippen LogP contribution in [0.15, 0.2) is 29.2 Å². The van der Waals surface area contributed by atoms with Crippen LogP contribution in [0.4, 0.5) is 0 Å². The number of rotatable bonds is 8. The van der Waals surface area contributed by atoms with Gasteiger partial charge in [0.1, 0.15) is 0 Å². The number of hydrogen-bond acceptors (Lipinski definition) is 3. The molecule has 1 aromatic rings. The lowest BCUT2D eigenvalue weighted by atomic mass is 9.99. The monoisotopic (exact) mass is 366 g/mol. The van der Waals surface area contributed by atoms with Crippen LogP contribution in [0.5, 0.6) is 0 Å². The maximum atomic E-state index is 12.8.